The fourth-order valence-electron chi connectivity index (χ4n) is 2.99. The van der Waals surface area contributed by atoms with Gasteiger partial charge in [-0.25, -0.2) is 8.42 Å². The van der Waals surface area contributed by atoms with E-state index in [4.69, 9.17) is 16.3 Å². The van der Waals surface area contributed by atoms with E-state index >= 15 is 0 Å². The summed E-state index contributed by atoms with van der Waals surface area (Å²) in [6.07, 6.45) is 0. The monoisotopic (exact) mass is 504 g/mol. The van der Waals surface area contributed by atoms with Crippen LogP contribution in [0.4, 0.5) is 5.69 Å². The minimum atomic E-state index is -3.96. The molecule has 0 atom stereocenters. The van der Waals surface area contributed by atoms with Crippen LogP contribution in [0.2, 0.25) is 5.02 Å². The average Bonchev–Trinajstić information content (AvgIpc) is 2.82. The highest BCUT2D eigenvalue weighted by Crippen LogP contribution is 2.25. The number of carbonyl (C=O) groups is 1. The Morgan fingerprint density at radius 1 is 1.00 bits per heavy atom. The first kappa shape index (κ1) is 25.0. The summed E-state index contributed by atoms with van der Waals surface area (Å²) in [6, 6.07) is 22.2. The molecule has 6 nitrogen and oxygen atoms in total. The molecule has 3 rings (SSSR count). The summed E-state index contributed by atoms with van der Waals surface area (Å²) in [5.41, 5.74) is 0.414. The number of rotatable bonds is 11. The molecule has 0 saturated carbocycles. The minimum Gasteiger partial charge on any atom is -0.494 e. The van der Waals surface area contributed by atoms with E-state index in [0.29, 0.717) is 35.4 Å². The van der Waals surface area contributed by atoms with Crippen LogP contribution in [0, 0.1) is 0 Å². The molecule has 0 aliphatic rings. The number of nitrogens with zero attached hydrogens (tertiary/aromatic N) is 1. The standard InChI is InChI=1S/C24H25ClN2O4S2/c1-2-31-21-10-14-23(15-11-21)33(29,30)27(20-6-4-3-5-7-20)18-24(28)26-16-17-32-22-12-8-19(25)9-13-22/h3-15H,2,16-18H2,1H3,(H,26,28). The maximum absolute atomic E-state index is 13.4. The first-order chi connectivity index (χ1) is 15.9. The third-order valence-corrected chi connectivity index (χ3v) is 7.61. The molecule has 9 heteroatoms. The second-order valence-corrected chi connectivity index (χ2v) is 10.4. The Morgan fingerprint density at radius 2 is 1.67 bits per heavy atom. The molecule has 33 heavy (non-hydrogen) atoms. The zero-order valence-electron chi connectivity index (χ0n) is 18.1. The summed E-state index contributed by atoms with van der Waals surface area (Å²) in [5.74, 6) is 0.841. The number of para-hydroxylation sites is 1. The number of hydrogen-bond acceptors (Lipinski definition) is 5. The minimum absolute atomic E-state index is 0.0842. The zero-order chi connectivity index (χ0) is 23.7. The molecule has 0 spiro atoms. The van der Waals surface area contributed by atoms with Crippen molar-refractivity contribution in [2.45, 2.75) is 16.7 Å². The summed E-state index contributed by atoms with van der Waals surface area (Å²) >= 11 is 7.47. The van der Waals surface area contributed by atoms with E-state index in [0.717, 1.165) is 9.20 Å². The van der Waals surface area contributed by atoms with Crippen LogP contribution >= 0.6 is 23.4 Å². The van der Waals surface area contributed by atoms with E-state index < -0.39 is 10.0 Å². The van der Waals surface area contributed by atoms with Gasteiger partial charge in [-0.2, -0.15) is 0 Å². The Kier molecular flexibility index (Phi) is 9.05. The van der Waals surface area contributed by atoms with Crippen LogP contribution in [-0.2, 0) is 14.8 Å². The van der Waals surface area contributed by atoms with Crippen molar-refractivity contribution in [3.8, 4) is 5.75 Å². The van der Waals surface area contributed by atoms with E-state index in [1.54, 1.807) is 54.2 Å². The zero-order valence-corrected chi connectivity index (χ0v) is 20.5. The number of nitrogens with one attached hydrogen (secondary N) is 1. The number of ether oxygens (including phenoxy) is 1. The number of amides is 1. The molecule has 0 aromatic heterocycles. The Morgan fingerprint density at radius 3 is 2.30 bits per heavy atom. The number of sulfonamides is 1. The van der Waals surface area contributed by atoms with Crippen molar-refractivity contribution in [1.29, 1.82) is 0 Å². The molecule has 0 bridgehead atoms. The van der Waals surface area contributed by atoms with Crippen LogP contribution in [0.5, 0.6) is 5.75 Å². The van der Waals surface area contributed by atoms with Gasteiger partial charge in [0.05, 0.1) is 17.2 Å². The topological polar surface area (TPSA) is 75.7 Å². The largest absolute Gasteiger partial charge is 0.494 e. The lowest BCUT2D eigenvalue weighted by Crippen LogP contribution is -2.41. The van der Waals surface area contributed by atoms with Crippen molar-refractivity contribution in [3.05, 3.63) is 83.9 Å². The third-order valence-electron chi connectivity index (χ3n) is 4.56. The third kappa shape index (κ3) is 7.15. The van der Waals surface area contributed by atoms with E-state index in [-0.39, 0.29) is 17.3 Å². The normalized spacial score (nSPS) is 11.1. The van der Waals surface area contributed by atoms with Gasteiger partial charge in [-0.15, -0.1) is 11.8 Å². The van der Waals surface area contributed by atoms with Crippen LogP contribution in [0.1, 0.15) is 6.92 Å². The number of halogens is 1. The van der Waals surface area contributed by atoms with Crippen LogP contribution in [0.3, 0.4) is 0 Å². The molecule has 174 valence electrons. The Bertz CT molecular complexity index is 1140. The molecule has 3 aromatic carbocycles. The lowest BCUT2D eigenvalue weighted by Gasteiger charge is -2.24. The second kappa shape index (κ2) is 12.0. The van der Waals surface area contributed by atoms with Crippen molar-refractivity contribution in [3.63, 3.8) is 0 Å². The van der Waals surface area contributed by atoms with Gasteiger partial charge in [0.25, 0.3) is 10.0 Å². The Labute approximate surface area is 204 Å². The highest BCUT2D eigenvalue weighted by atomic mass is 35.5. The first-order valence-electron chi connectivity index (χ1n) is 10.4. The quantitative estimate of drug-likeness (QED) is 0.298. The predicted octanol–water partition coefficient (Wildman–Crippen LogP) is 4.84. The number of hydrogen-bond donors (Lipinski definition) is 1. The predicted molar refractivity (Wildman–Crippen MR) is 134 cm³/mol. The second-order valence-electron chi connectivity index (χ2n) is 6.90. The highest BCUT2D eigenvalue weighted by molar-refractivity contribution is 7.99. The number of thioether (sulfide) groups is 1. The van der Waals surface area contributed by atoms with Gasteiger partial charge in [0.1, 0.15) is 12.3 Å². The van der Waals surface area contributed by atoms with E-state index in [1.807, 2.05) is 31.2 Å². The molecule has 0 saturated heterocycles. The van der Waals surface area contributed by atoms with E-state index in [2.05, 4.69) is 5.32 Å². The molecule has 0 unspecified atom stereocenters. The van der Waals surface area contributed by atoms with Gasteiger partial charge in [-0.1, -0.05) is 29.8 Å². The van der Waals surface area contributed by atoms with E-state index in [9.17, 15) is 13.2 Å². The maximum Gasteiger partial charge on any atom is 0.264 e. The fraction of sp³-hybridized carbons (Fsp3) is 0.208. The first-order valence-corrected chi connectivity index (χ1v) is 13.2. The van der Waals surface area contributed by atoms with Gasteiger partial charge in [0.2, 0.25) is 5.91 Å². The van der Waals surface area contributed by atoms with Gasteiger partial charge in [-0.3, -0.25) is 9.10 Å². The number of carbonyl (C=O) groups excluding carboxylic acids is 1. The lowest BCUT2D eigenvalue weighted by molar-refractivity contribution is -0.119. The summed E-state index contributed by atoms with van der Waals surface area (Å²) in [5, 5.41) is 3.47. The lowest BCUT2D eigenvalue weighted by atomic mass is 10.3. The molecular weight excluding hydrogens is 480 g/mol. The summed E-state index contributed by atoms with van der Waals surface area (Å²) < 4.78 is 33.3. The van der Waals surface area contributed by atoms with Crippen molar-refractivity contribution >= 4 is 45.0 Å². The number of benzene rings is 3. The molecule has 3 aromatic rings. The van der Waals surface area contributed by atoms with Gasteiger partial charge < -0.3 is 10.1 Å². The van der Waals surface area contributed by atoms with E-state index in [1.165, 1.54) is 12.1 Å². The molecule has 1 N–H and O–H groups in total. The molecule has 0 radical (unpaired) electrons. The maximum atomic E-state index is 13.4. The van der Waals surface area contributed by atoms with Crippen LogP contribution in [0.15, 0.2) is 88.7 Å². The molecule has 1 amide bonds. The molecule has 0 fully saturated rings. The van der Waals surface area contributed by atoms with Crippen molar-refractivity contribution in [2.24, 2.45) is 0 Å². The fourth-order valence-corrected chi connectivity index (χ4v) is 5.30. The Hall–Kier alpha value is -2.68. The van der Waals surface area contributed by atoms with Crippen molar-refractivity contribution < 1.29 is 17.9 Å². The Balaban J connectivity index is 1.67. The molecule has 0 heterocycles. The van der Waals surface area contributed by atoms with Crippen LogP contribution < -0.4 is 14.4 Å². The van der Waals surface area contributed by atoms with Crippen LogP contribution in [0.25, 0.3) is 0 Å². The van der Waals surface area contributed by atoms with Crippen molar-refractivity contribution in [2.75, 3.05) is 29.8 Å². The van der Waals surface area contributed by atoms with Gasteiger partial charge >= 0.3 is 0 Å². The summed E-state index contributed by atoms with van der Waals surface area (Å²) in [4.78, 5) is 13.8. The highest BCUT2D eigenvalue weighted by Gasteiger charge is 2.27. The SMILES string of the molecule is CCOc1ccc(S(=O)(=O)N(CC(=O)NCCSc2ccc(Cl)cc2)c2ccccc2)cc1. The molecular formula is C24H25ClN2O4S2. The van der Waals surface area contributed by atoms with Gasteiger partial charge in [0, 0.05) is 22.2 Å². The summed E-state index contributed by atoms with van der Waals surface area (Å²) in [7, 11) is -3.96. The molecule has 0 aliphatic heterocycles. The summed E-state index contributed by atoms with van der Waals surface area (Å²) in [6.45, 7) is 2.41. The average molecular weight is 505 g/mol. The molecule has 0 aliphatic carbocycles. The van der Waals surface area contributed by atoms with Crippen LogP contribution in [-0.4, -0.2) is 39.8 Å². The number of anilines is 1. The van der Waals surface area contributed by atoms with Crippen molar-refractivity contribution in [1.82, 2.24) is 5.32 Å². The smallest absolute Gasteiger partial charge is 0.264 e. The van der Waals surface area contributed by atoms with Gasteiger partial charge in [0.15, 0.2) is 0 Å². The van der Waals surface area contributed by atoms with Gasteiger partial charge in [-0.05, 0) is 67.6 Å².